The van der Waals surface area contributed by atoms with Gasteiger partial charge < -0.3 is 9.72 Å². The Balaban J connectivity index is 2.73. The van der Waals surface area contributed by atoms with Crippen molar-refractivity contribution in [3.63, 3.8) is 0 Å². The molecule has 1 aromatic rings. The molecule has 1 heterocycles. The monoisotopic (exact) mass is 259 g/mol. The number of rotatable bonds is 3. The van der Waals surface area contributed by atoms with Crippen LogP contribution in [0.4, 0.5) is 0 Å². The molecule has 0 spiro atoms. The predicted octanol–water partition coefficient (Wildman–Crippen LogP) is 1.24. The molecular formula is C9H10BrNO3. The van der Waals surface area contributed by atoms with Gasteiger partial charge in [0.15, 0.2) is 0 Å². The van der Waals surface area contributed by atoms with Gasteiger partial charge in [-0.25, -0.2) is 0 Å². The first-order valence-corrected chi connectivity index (χ1v) is 4.96. The third kappa shape index (κ3) is 2.99. The maximum absolute atomic E-state index is 11.1. The Morgan fingerprint density at radius 2 is 2.29 bits per heavy atom. The highest BCUT2D eigenvalue weighted by atomic mass is 79.9. The second kappa shape index (κ2) is 4.95. The molecule has 1 rings (SSSR count). The quantitative estimate of drug-likeness (QED) is 0.832. The maximum atomic E-state index is 11.1. The minimum atomic E-state index is -0.342. The van der Waals surface area contributed by atoms with Gasteiger partial charge in [-0.1, -0.05) is 0 Å². The number of esters is 1. The molecule has 1 aromatic heterocycles. The highest BCUT2D eigenvalue weighted by molar-refractivity contribution is 9.10. The minimum Gasteiger partial charge on any atom is -0.466 e. The van der Waals surface area contributed by atoms with Gasteiger partial charge in [0.25, 0.3) is 5.56 Å². The van der Waals surface area contributed by atoms with Crippen molar-refractivity contribution >= 4 is 21.9 Å². The van der Waals surface area contributed by atoms with Gasteiger partial charge in [0.2, 0.25) is 0 Å². The van der Waals surface area contributed by atoms with Gasteiger partial charge >= 0.3 is 5.97 Å². The van der Waals surface area contributed by atoms with E-state index < -0.39 is 0 Å². The maximum Gasteiger partial charge on any atom is 0.311 e. The lowest BCUT2D eigenvalue weighted by atomic mass is 10.3. The molecule has 76 valence electrons. The molecule has 0 saturated heterocycles. The Kier molecular flexibility index (Phi) is 3.88. The lowest BCUT2D eigenvalue weighted by molar-refractivity contribution is -0.142. The standard InChI is InChI=1S/C9H10BrNO3/c1-2-14-8(12)5-6-3-4-7(10)9(13)11-6/h3-4H,2,5H2,1H3,(H,11,13). The van der Waals surface area contributed by atoms with Crippen LogP contribution < -0.4 is 5.56 Å². The Hall–Kier alpha value is -1.10. The van der Waals surface area contributed by atoms with Gasteiger partial charge in [0.05, 0.1) is 17.5 Å². The molecule has 5 heteroatoms. The molecule has 0 aromatic carbocycles. The van der Waals surface area contributed by atoms with Crippen LogP contribution in [0, 0.1) is 0 Å². The number of carbonyl (C=O) groups excluding carboxylic acids is 1. The number of ether oxygens (including phenoxy) is 1. The van der Waals surface area contributed by atoms with Crippen molar-refractivity contribution in [2.75, 3.05) is 6.61 Å². The van der Waals surface area contributed by atoms with Crippen molar-refractivity contribution in [2.24, 2.45) is 0 Å². The van der Waals surface area contributed by atoms with Crippen LogP contribution in [-0.4, -0.2) is 17.6 Å². The van der Waals surface area contributed by atoms with E-state index >= 15 is 0 Å². The molecule has 14 heavy (non-hydrogen) atoms. The molecule has 0 bridgehead atoms. The zero-order valence-corrected chi connectivity index (χ0v) is 9.26. The molecule has 0 aliphatic heterocycles. The highest BCUT2D eigenvalue weighted by Gasteiger charge is 2.05. The highest BCUT2D eigenvalue weighted by Crippen LogP contribution is 2.03. The summed E-state index contributed by atoms with van der Waals surface area (Å²) in [6.45, 7) is 2.09. The van der Waals surface area contributed by atoms with Gasteiger partial charge in [0, 0.05) is 5.69 Å². The van der Waals surface area contributed by atoms with Crippen LogP contribution in [0.25, 0.3) is 0 Å². The third-order valence-electron chi connectivity index (χ3n) is 1.56. The topological polar surface area (TPSA) is 59.2 Å². The number of aromatic amines is 1. The number of carbonyl (C=O) groups is 1. The van der Waals surface area contributed by atoms with E-state index in [2.05, 4.69) is 20.9 Å². The van der Waals surface area contributed by atoms with E-state index in [0.717, 1.165) is 0 Å². The second-order valence-electron chi connectivity index (χ2n) is 2.64. The van der Waals surface area contributed by atoms with E-state index in [4.69, 9.17) is 4.74 Å². The summed E-state index contributed by atoms with van der Waals surface area (Å²) in [7, 11) is 0. The van der Waals surface area contributed by atoms with Crippen LogP contribution in [0.5, 0.6) is 0 Å². The molecule has 4 nitrogen and oxygen atoms in total. The normalized spacial score (nSPS) is 9.86. The summed E-state index contributed by atoms with van der Waals surface area (Å²) in [4.78, 5) is 24.7. The van der Waals surface area contributed by atoms with Crippen LogP contribution >= 0.6 is 15.9 Å². The first-order valence-electron chi connectivity index (χ1n) is 4.16. The number of hydrogen-bond acceptors (Lipinski definition) is 3. The van der Waals surface area contributed by atoms with Gasteiger partial charge in [-0.15, -0.1) is 0 Å². The van der Waals surface area contributed by atoms with Gasteiger partial charge in [0.1, 0.15) is 0 Å². The second-order valence-corrected chi connectivity index (χ2v) is 3.50. The lowest BCUT2D eigenvalue weighted by Crippen LogP contribution is -2.14. The number of halogens is 1. The van der Waals surface area contributed by atoms with Crippen molar-refractivity contribution in [3.05, 3.63) is 32.7 Å². The van der Waals surface area contributed by atoms with Gasteiger partial charge in [-0.2, -0.15) is 0 Å². The molecule has 0 saturated carbocycles. The van der Waals surface area contributed by atoms with Crippen LogP contribution in [0.2, 0.25) is 0 Å². The Morgan fingerprint density at radius 1 is 1.57 bits per heavy atom. The predicted molar refractivity (Wildman–Crippen MR) is 55.1 cm³/mol. The third-order valence-corrected chi connectivity index (χ3v) is 2.19. The van der Waals surface area contributed by atoms with E-state index in [1.54, 1.807) is 19.1 Å². The van der Waals surface area contributed by atoms with E-state index in [9.17, 15) is 9.59 Å². The SMILES string of the molecule is CCOC(=O)Cc1ccc(Br)c(=O)[nH]1. The zero-order chi connectivity index (χ0) is 10.6. The number of hydrogen-bond donors (Lipinski definition) is 1. The number of pyridine rings is 1. The smallest absolute Gasteiger partial charge is 0.311 e. The fourth-order valence-electron chi connectivity index (χ4n) is 0.967. The van der Waals surface area contributed by atoms with Crippen molar-refractivity contribution < 1.29 is 9.53 Å². The minimum absolute atomic E-state index is 0.0936. The summed E-state index contributed by atoms with van der Waals surface area (Å²) in [5.41, 5.74) is 0.309. The Bertz CT molecular complexity index is 386. The summed E-state index contributed by atoms with van der Waals surface area (Å²) in [5.74, 6) is -0.342. The summed E-state index contributed by atoms with van der Waals surface area (Å²) in [6.07, 6.45) is 0.0936. The molecule has 0 fully saturated rings. The summed E-state index contributed by atoms with van der Waals surface area (Å²) < 4.78 is 5.19. The molecular weight excluding hydrogens is 250 g/mol. The van der Waals surface area contributed by atoms with Crippen molar-refractivity contribution in [1.29, 1.82) is 0 Å². The van der Waals surface area contributed by atoms with Crippen molar-refractivity contribution in [1.82, 2.24) is 4.98 Å². The summed E-state index contributed by atoms with van der Waals surface area (Å²) >= 11 is 3.07. The van der Waals surface area contributed by atoms with Crippen LogP contribution in [0.3, 0.4) is 0 Å². The Morgan fingerprint density at radius 3 is 2.86 bits per heavy atom. The Labute approximate surface area is 89.4 Å². The number of nitrogens with one attached hydrogen (secondary N) is 1. The molecule has 0 radical (unpaired) electrons. The molecule has 1 N–H and O–H groups in total. The molecule has 0 unspecified atom stereocenters. The van der Waals surface area contributed by atoms with Crippen molar-refractivity contribution in [3.8, 4) is 0 Å². The fraction of sp³-hybridized carbons (Fsp3) is 0.333. The van der Waals surface area contributed by atoms with E-state index in [1.165, 1.54) is 0 Å². The largest absolute Gasteiger partial charge is 0.466 e. The van der Waals surface area contributed by atoms with Crippen LogP contribution in [0.15, 0.2) is 21.4 Å². The number of aromatic nitrogens is 1. The number of H-pyrrole nitrogens is 1. The van der Waals surface area contributed by atoms with Crippen LogP contribution in [0.1, 0.15) is 12.6 Å². The lowest BCUT2D eigenvalue weighted by Gasteiger charge is -2.01. The molecule has 0 aliphatic carbocycles. The summed E-state index contributed by atoms with van der Waals surface area (Å²) in [6, 6.07) is 3.27. The first kappa shape index (κ1) is 11.0. The average Bonchev–Trinajstić information content (AvgIpc) is 2.12. The molecule has 0 aliphatic rings. The first-order chi connectivity index (χ1) is 6.63. The van der Waals surface area contributed by atoms with E-state index in [1.807, 2.05) is 0 Å². The van der Waals surface area contributed by atoms with Gasteiger partial charge in [-0.3, -0.25) is 9.59 Å². The molecule has 0 amide bonds. The van der Waals surface area contributed by atoms with E-state index in [-0.39, 0.29) is 17.9 Å². The summed E-state index contributed by atoms with van der Waals surface area (Å²) in [5, 5.41) is 0. The van der Waals surface area contributed by atoms with Crippen LogP contribution in [-0.2, 0) is 16.0 Å². The van der Waals surface area contributed by atoms with Gasteiger partial charge in [-0.05, 0) is 35.0 Å². The average molecular weight is 260 g/mol. The van der Waals surface area contributed by atoms with Crippen molar-refractivity contribution in [2.45, 2.75) is 13.3 Å². The van der Waals surface area contributed by atoms with E-state index in [0.29, 0.717) is 16.8 Å². The molecule has 0 atom stereocenters. The fourth-order valence-corrected chi connectivity index (χ4v) is 1.20. The zero-order valence-electron chi connectivity index (χ0n) is 7.67.